The molecule has 4 rings (SSSR count). The Labute approximate surface area is 226 Å². The van der Waals surface area contributed by atoms with Gasteiger partial charge in [0.05, 0.1) is 12.8 Å². The van der Waals surface area contributed by atoms with Crippen molar-refractivity contribution in [3.8, 4) is 17.4 Å². The van der Waals surface area contributed by atoms with Gasteiger partial charge in [-0.2, -0.15) is 4.98 Å². The first-order chi connectivity index (χ1) is 18.8. The molecule has 0 aliphatic carbocycles. The Morgan fingerprint density at radius 1 is 1.10 bits per heavy atom. The molecule has 11 heteroatoms. The molecule has 0 spiro atoms. The lowest BCUT2D eigenvalue weighted by Crippen LogP contribution is -2.48. The lowest BCUT2D eigenvalue weighted by Gasteiger charge is -2.35. The van der Waals surface area contributed by atoms with Crippen molar-refractivity contribution >= 4 is 34.9 Å². The number of nitrogens with one attached hydrogen (secondary N) is 1. The van der Waals surface area contributed by atoms with Crippen LogP contribution in [0.25, 0.3) is 0 Å². The largest absolute Gasteiger partial charge is 0.494 e. The van der Waals surface area contributed by atoms with Crippen LogP contribution in [0.15, 0.2) is 61.3 Å². The van der Waals surface area contributed by atoms with Crippen LogP contribution >= 0.6 is 0 Å². The number of anilines is 3. The van der Waals surface area contributed by atoms with E-state index in [0.29, 0.717) is 48.9 Å². The van der Waals surface area contributed by atoms with Gasteiger partial charge in [0, 0.05) is 63.0 Å². The second-order valence-corrected chi connectivity index (χ2v) is 8.84. The number of hydrogen-bond acceptors (Lipinski definition) is 9. The summed E-state index contributed by atoms with van der Waals surface area (Å²) in [6.07, 6.45) is 2.60. The summed E-state index contributed by atoms with van der Waals surface area (Å²) >= 11 is 0. The van der Waals surface area contributed by atoms with Gasteiger partial charge in [0.1, 0.15) is 17.1 Å². The maximum Gasteiger partial charge on any atom is 0.255 e. The molecule has 3 N–H and O–H groups in total. The van der Waals surface area contributed by atoms with Gasteiger partial charge in [-0.1, -0.05) is 24.8 Å². The van der Waals surface area contributed by atoms with Crippen LogP contribution < -0.4 is 25.4 Å². The van der Waals surface area contributed by atoms with Crippen molar-refractivity contribution in [3.05, 3.63) is 72.4 Å². The van der Waals surface area contributed by atoms with Gasteiger partial charge in [-0.3, -0.25) is 14.4 Å². The molecule has 0 saturated carbocycles. The van der Waals surface area contributed by atoms with Crippen molar-refractivity contribution in [2.75, 3.05) is 43.5 Å². The van der Waals surface area contributed by atoms with Gasteiger partial charge in [-0.15, -0.1) is 0 Å². The number of nitrogens with zero attached hydrogens (tertiary/aromatic N) is 4. The molecule has 11 nitrogen and oxygen atoms in total. The number of piperazine rings is 1. The monoisotopic (exact) mass is 530 g/mol. The highest BCUT2D eigenvalue weighted by molar-refractivity contribution is 5.95. The molecule has 1 aromatic heterocycles. The van der Waals surface area contributed by atoms with E-state index in [1.165, 1.54) is 12.3 Å². The summed E-state index contributed by atoms with van der Waals surface area (Å²) in [5, 5.41) is 3.11. The molecule has 0 atom stereocenters. The number of ketones is 1. The Morgan fingerprint density at radius 3 is 2.51 bits per heavy atom. The van der Waals surface area contributed by atoms with E-state index in [2.05, 4.69) is 26.8 Å². The molecule has 202 valence electrons. The van der Waals surface area contributed by atoms with Gasteiger partial charge in [-0.25, -0.2) is 4.98 Å². The molecule has 39 heavy (non-hydrogen) atoms. The molecule has 0 radical (unpaired) electrons. The number of rotatable bonds is 10. The zero-order valence-corrected chi connectivity index (χ0v) is 21.8. The summed E-state index contributed by atoms with van der Waals surface area (Å²) in [7, 11) is 1.56. The van der Waals surface area contributed by atoms with E-state index >= 15 is 0 Å². The maximum absolute atomic E-state index is 12.1. The minimum Gasteiger partial charge on any atom is -0.494 e. The van der Waals surface area contributed by atoms with Gasteiger partial charge >= 0.3 is 0 Å². The van der Waals surface area contributed by atoms with Crippen molar-refractivity contribution in [2.24, 2.45) is 5.73 Å². The number of benzene rings is 2. The number of aromatic nitrogens is 2. The topological polar surface area (TPSA) is 140 Å². The first-order valence-corrected chi connectivity index (χ1v) is 12.3. The molecule has 3 aromatic rings. The fourth-order valence-corrected chi connectivity index (χ4v) is 4.17. The lowest BCUT2D eigenvalue weighted by molar-refractivity contribution is -0.129. The van der Waals surface area contributed by atoms with Crippen LogP contribution in [0.1, 0.15) is 22.8 Å². The zero-order valence-electron chi connectivity index (χ0n) is 21.8. The fourth-order valence-electron chi connectivity index (χ4n) is 4.17. The average molecular weight is 531 g/mol. The summed E-state index contributed by atoms with van der Waals surface area (Å²) < 4.78 is 11.6. The third-order valence-electron chi connectivity index (χ3n) is 6.31. The van der Waals surface area contributed by atoms with Crippen LogP contribution in [0.4, 0.5) is 17.3 Å². The molecular weight excluding hydrogens is 500 g/mol. The first-order valence-electron chi connectivity index (χ1n) is 12.3. The van der Waals surface area contributed by atoms with Crippen molar-refractivity contribution in [1.29, 1.82) is 0 Å². The van der Waals surface area contributed by atoms with E-state index in [0.717, 1.165) is 5.69 Å². The molecule has 1 aliphatic heterocycles. The second-order valence-electron chi connectivity index (χ2n) is 8.84. The summed E-state index contributed by atoms with van der Waals surface area (Å²) in [6, 6.07) is 12.6. The third-order valence-corrected chi connectivity index (χ3v) is 6.31. The number of primary amides is 1. The lowest BCUT2D eigenvalue weighted by atomic mass is 10.1. The predicted octanol–water partition coefficient (Wildman–Crippen LogP) is 3.09. The number of hydrogen-bond donors (Lipinski definition) is 2. The minimum atomic E-state index is -0.761. The quantitative estimate of drug-likeness (QED) is 0.378. The smallest absolute Gasteiger partial charge is 0.255 e. The molecule has 1 aliphatic rings. The standard InChI is InChI=1S/C28H30N6O5/c1-4-21(36)15-19-7-5-6-8-24(19)39-27-22(26(29)37)17-30-28(32-27)31-23-10-9-20(16-25(23)38-3)34-13-11-33(12-14-34)18(2)35/h4-10,16-17H,1,11-15H2,2-3H3,(H2,29,37)(H,30,31,32). The number of ether oxygens (including phenoxy) is 2. The molecule has 2 aromatic carbocycles. The van der Waals surface area contributed by atoms with E-state index in [4.69, 9.17) is 15.2 Å². The Balaban J connectivity index is 1.57. The highest BCUT2D eigenvalue weighted by Gasteiger charge is 2.21. The summed E-state index contributed by atoms with van der Waals surface area (Å²) in [6.45, 7) is 7.83. The SMILES string of the molecule is C=CC(=O)Cc1ccccc1Oc1nc(Nc2ccc(N3CCN(C(C)=O)CC3)cc2OC)ncc1C(N)=O. The summed E-state index contributed by atoms with van der Waals surface area (Å²) in [5.41, 5.74) is 7.68. The van der Waals surface area contributed by atoms with Gasteiger partial charge in [0.2, 0.25) is 17.7 Å². The Kier molecular flexibility index (Phi) is 8.40. The van der Waals surface area contributed by atoms with Gasteiger partial charge in [0.25, 0.3) is 5.91 Å². The van der Waals surface area contributed by atoms with Gasteiger partial charge in [-0.05, 0) is 24.3 Å². The van der Waals surface area contributed by atoms with Crippen LogP contribution in [0, 0.1) is 0 Å². The van der Waals surface area contributed by atoms with Crippen LogP contribution in [-0.4, -0.2) is 65.8 Å². The molecule has 2 heterocycles. The molecule has 1 saturated heterocycles. The molecule has 1 fully saturated rings. The number of carbonyl (C=O) groups excluding carboxylic acids is 3. The highest BCUT2D eigenvalue weighted by atomic mass is 16.5. The number of nitrogens with two attached hydrogens (primary N) is 1. The molecule has 0 unspecified atom stereocenters. The van der Waals surface area contributed by atoms with Crippen LogP contribution in [0.3, 0.4) is 0 Å². The summed E-state index contributed by atoms with van der Waals surface area (Å²) in [5.74, 6) is 0.136. The highest BCUT2D eigenvalue weighted by Crippen LogP contribution is 2.33. The number of para-hydroxylation sites is 1. The minimum absolute atomic E-state index is 0.0163. The first kappa shape index (κ1) is 27.1. The van der Waals surface area contributed by atoms with E-state index in [9.17, 15) is 14.4 Å². The van der Waals surface area contributed by atoms with Crippen molar-refractivity contribution < 1.29 is 23.9 Å². The molecule has 2 amide bonds. The number of amides is 2. The maximum atomic E-state index is 12.1. The van der Waals surface area contributed by atoms with E-state index < -0.39 is 5.91 Å². The fraction of sp³-hybridized carbons (Fsp3) is 0.250. The molecule has 0 bridgehead atoms. The van der Waals surface area contributed by atoms with Crippen LogP contribution in [0.5, 0.6) is 17.4 Å². The number of carbonyl (C=O) groups is 3. The Hall–Kier alpha value is -4.93. The van der Waals surface area contributed by atoms with Crippen molar-refractivity contribution in [3.63, 3.8) is 0 Å². The molecular formula is C28H30N6O5. The van der Waals surface area contributed by atoms with Crippen LogP contribution in [0.2, 0.25) is 0 Å². The Morgan fingerprint density at radius 2 is 1.85 bits per heavy atom. The average Bonchev–Trinajstić information content (AvgIpc) is 2.94. The van der Waals surface area contributed by atoms with Crippen molar-refractivity contribution in [2.45, 2.75) is 13.3 Å². The van der Waals surface area contributed by atoms with E-state index in [-0.39, 0.29) is 35.5 Å². The third kappa shape index (κ3) is 6.50. The van der Waals surface area contributed by atoms with E-state index in [1.54, 1.807) is 38.3 Å². The number of methoxy groups -OCH3 is 1. The summed E-state index contributed by atoms with van der Waals surface area (Å²) in [4.78, 5) is 48.2. The van der Waals surface area contributed by atoms with Gasteiger partial charge < -0.3 is 30.3 Å². The zero-order chi connectivity index (χ0) is 27.9. The Bertz CT molecular complexity index is 1400. The predicted molar refractivity (Wildman–Crippen MR) is 147 cm³/mol. The number of allylic oxidation sites excluding steroid dienone is 1. The van der Waals surface area contributed by atoms with Crippen molar-refractivity contribution in [1.82, 2.24) is 14.9 Å². The van der Waals surface area contributed by atoms with E-state index in [1.807, 2.05) is 23.1 Å². The normalized spacial score (nSPS) is 13.0. The van der Waals surface area contributed by atoms with Gasteiger partial charge in [0.15, 0.2) is 5.78 Å². The second kappa shape index (κ2) is 12.1. The van der Waals surface area contributed by atoms with Crippen LogP contribution in [-0.2, 0) is 16.0 Å².